The molecule has 1 aromatic rings. The molecule has 0 aliphatic rings. The van der Waals surface area contributed by atoms with Crippen LogP contribution in [0.1, 0.15) is 25.0 Å². The van der Waals surface area contributed by atoms with Crippen LogP contribution in [0.4, 0.5) is 4.39 Å². The van der Waals surface area contributed by atoms with Gasteiger partial charge in [0, 0.05) is 12.3 Å². The lowest BCUT2D eigenvalue weighted by Gasteiger charge is -2.05. The fourth-order valence-corrected chi connectivity index (χ4v) is 1.19. The van der Waals surface area contributed by atoms with E-state index < -0.39 is 0 Å². The standard InChI is InChI=1S/C12H15FO/c1-8(2)12(14)7-10-5-4-9(3)6-11(10)13/h4-6,8H,7H2,1-3H3. The highest BCUT2D eigenvalue weighted by Gasteiger charge is 2.11. The van der Waals surface area contributed by atoms with Crippen LogP contribution in [0.25, 0.3) is 0 Å². The predicted molar refractivity (Wildman–Crippen MR) is 54.7 cm³/mol. The van der Waals surface area contributed by atoms with Crippen molar-refractivity contribution in [1.29, 1.82) is 0 Å². The number of carbonyl (C=O) groups excluding carboxylic acids is 1. The zero-order valence-corrected chi connectivity index (χ0v) is 8.80. The van der Waals surface area contributed by atoms with E-state index in [2.05, 4.69) is 0 Å². The van der Waals surface area contributed by atoms with Crippen LogP contribution in [0.5, 0.6) is 0 Å². The van der Waals surface area contributed by atoms with E-state index in [0.29, 0.717) is 5.56 Å². The van der Waals surface area contributed by atoms with Crippen molar-refractivity contribution >= 4 is 5.78 Å². The Hall–Kier alpha value is -1.18. The minimum Gasteiger partial charge on any atom is -0.299 e. The van der Waals surface area contributed by atoms with E-state index in [1.54, 1.807) is 6.07 Å². The summed E-state index contributed by atoms with van der Waals surface area (Å²) in [6.07, 6.45) is 0.198. The number of carbonyl (C=O) groups is 1. The Morgan fingerprint density at radius 2 is 2.07 bits per heavy atom. The van der Waals surface area contributed by atoms with Gasteiger partial charge in [0.1, 0.15) is 11.6 Å². The fraction of sp³-hybridized carbons (Fsp3) is 0.417. The van der Waals surface area contributed by atoms with Gasteiger partial charge in [0.25, 0.3) is 0 Å². The van der Waals surface area contributed by atoms with Gasteiger partial charge in [-0.3, -0.25) is 4.79 Å². The first kappa shape index (κ1) is 10.9. The van der Waals surface area contributed by atoms with E-state index in [0.717, 1.165) is 5.56 Å². The second-order valence-corrected chi connectivity index (χ2v) is 3.89. The molecule has 14 heavy (non-hydrogen) atoms. The summed E-state index contributed by atoms with van der Waals surface area (Å²) in [4.78, 5) is 11.4. The van der Waals surface area contributed by atoms with Crippen LogP contribution in [-0.4, -0.2) is 5.78 Å². The van der Waals surface area contributed by atoms with Crippen LogP contribution >= 0.6 is 0 Å². The molecule has 0 atom stereocenters. The Morgan fingerprint density at radius 3 is 2.57 bits per heavy atom. The molecule has 1 rings (SSSR count). The second-order valence-electron chi connectivity index (χ2n) is 3.89. The highest BCUT2D eigenvalue weighted by molar-refractivity contribution is 5.82. The lowest BCUT2D eigenvalue weighted by atomic mass is 10.00. The van der Waals surface area contributed by atoms with E-state index in [1.807, 2.05) is 26.8 Å². The fourth-order valence-electron chi connectivity index (χ4n) is 1.19. The molecule has 1 aromatic carbocycles. The number of hydrogen-bond donors (Lipinski definition) is 0. The van der Waals surface area contributed by atoms with Gasteiger partial charge in [-0.25, -0.2) is 4.39 Å². The molecule has 76 valence electrons. The largest absolute Gasteiger partial charge is 0.299 e. The van der Waals surface area contributed by atoms with Crippen LogP contribution in [0.15, 0.2) is 18.2 Å². The van der Waals surface area contributed by atoms with E-state index in [-0.39, 0.29) is 23.9 Å². The molecule has 1 nitrogen and oxygen atoms in total. The van der Waals surface area contributed by atoms with Crippen molar-refractivity contribution in [3.63, 3.8) is 0 Å². The van der Waals surface area contributed by atoms with Gasteiger partial charge >= 0.3 is 0 Å². The maximum atomic E-state index is 13.3. The summed E-state index contributed by atoms with van der Waals surface area (Å²) in [6, 6.07) is 4.97. The molecule has 0 fully saturated rings. The van der Waals surface area contributed by atoms with Crippen LogP contribution in [0, 0.1) is 18.7 Å². The molecule has 0 unspecified atom stereocenters. The number of Topliss-reactive ketones (excluding diaryl/α,β-unsaturated/α-hetero) is 1. The van der Waals surface area contributed by atoms with Gasteiger partial charge in [-0.15, -0.1) is 0 Å². The number of aryl methyl sites for hydroxylation is 1. The Bertz CT molecular complexity index is 342. The third-order valence-corrected chi connectivity index (χ3v) is 2.22. The molecule has 0 saturated carbocycles. The zero-order chi connectivity index (χ0) is 10.7. The molecule has 0 spiro atoms. The van der Waals surface area contributed by atoms with Crippen molar-refractivity contribution in [2.24, 2.45) is 5.92 Å². The van der Waals surface area contributed by atoms with E-state index >= 15 is 0 Å². The minimum absolute atomic E-state index is 0.0318. The van der Waals surface area contributed by atoms with Crippen LogP contribution in [0.3, 0.4) is 0 Å². The SMILES string of the molecule is Cc1ccc(CC(=O)C(C)C)c(F)c1. The summed E-state index contributed by atoms with van der Waals surface area (Å²) < 4.78 is 13.3. The molecule has 0 aliphatic carbocycles. The second kappa shape index (κ2) is 4.36. The van der Waals surface area contributed by atoms with Crippen molar-refractivity contribution in [2.75, 3.05) is 0 Å². The molecule has 0 bridgehead atoms. The van der Waals surface area contributed by atoms with Gasteiger partial charge in [-0.1, -0.05) is 26.0 Å². The molecule has 0 aromatic heterocycles. The summed E-state index contributed by atoms with van der Waals surface area (Å²) in [5.74, 6) is -0.234. The first-order chi connectivity index (χ1) is 6.50. The molecular formula is C12H15FO. The highest BCUT2D eigenvalue weighted by atomic mass is 19.1. The van der Waals surface area contributed by atoms with Crippen molar-refractivity contribution in [2.45, 2.75) is 27.2 Å². The van der Waals surface area contributed by atoms with Crippen molar-refractivity contribution in [1.82, 2.24) is 0 Å². The monoisotopic (exact) mass is 194 g/mol. The van der Waals surface area contributed by atoms with Gasteiger partial charge in [0.05, 0.1) is 0 Å². The van der Waals surface area contributed by atoms with Crippen molar-refractivity contribution in [3.8, 4) is 0 Å². The Morgan fingerprint density at radius 1 is 1.43 bits per heavy atom. The minimum atomic E-state index is -0.279. The Labute approximate surface area is 83.9 Å². The zero-order valence-electron chi connectivity index (χ0n) is 8.80. The average molecular weight is 194 g/mol. The van der Waals surface area contributed by atoms with Crippen molar-refractivity contribution in [3.05, 3.63) is 35.1 Å². The molecule has 0 N–H and O–H groups in total. The highest BCUT2D eigenvalue weighted by Crippen LogP contribution is 2.12. The molecule has 0 radical (unpaired) electrons. The summed E-state index contributed by atoms with van der Waals surface area (Å²) in [6.45, 7) is 5.49. The van der Waals surface area contributed by atoms with E-state index in [9.17, 15) is 9.18 Å². The lowest BCUT2D eigenvalue weighted by Crippen LogP contribution is -2.11. The summed E-state index contributed by atoms with van der Waals surface area (Å²) in [5, 5.41) is 0. The Balaban J connectivity index is 2.82. The topological polar surface area (TPSA) is 17.1 Å². The third kappa shape index (κ3) is 2.66. The summed E-state index contributed by atoms with van der Waals surface area (Å²) in [5.41, 5.74) is 1.37. The van der Waals surface area contributed by atoms with Crippen molar-refractivity contribution < 1.29 is 9.18 Å². The number of rotatable bonds is 3. The molecule has 0 amide bonds. The van der Waals surface area contributed by atoms with Crippen LogP contribution in [-0.2, 0) is 11.2 Å². The maximum Gasteiger partial charge on any atom is 0.139 e. The van der Waals surface area contributed by atoms with Gasteiger partial charge in [0.15, 0.2) is 0 Å². The molecule has 2 heteroatoms. The van der Waals surface area contributed by atoms with Gasteiger partial charge < -0.3 is 0 Å². The first-order valence-corrected chi connectivity index (χ1v) is 4.78. The quantitative estimate of drug-likeness (QED) is 0.723. The first-order valence-electron chi connectivity index (χ1n) is 4.78. The number of ketones is 1. The number of hydrogen-bond acceptors (Lipinski definition) is 1. The maximum absolute atomic E-state index is 13.3. The number of benzene rings is 1. The van der Waals surface area contributed by atoms with Gasteiger partial charge in [-0.05, 0) is 24.1 Å². The molecule has 0 aliphatic heterocycles. The molecule has 0 saturated heterocycles. The van der Waals surface area contributed by atoms with Gasteiger partial charge in [0.2, 0.25) is 0 Å². The summed E-state index contributed by atoms with van der Waals surface area (Å²) in [7, 11) is 0. The normalized spacial score (nSPS) is 10.6. The molecule has 0 heterocycles. The smallest absolute Gasteiger partial charge is 0.139 e. The van der Waals surface area contributed by atoms with Crippen LogP contribution in [0.2, 0.25) is 0 Å². The summed E-state index contributed by atoms with van der Waals surface area (Å²) >= 11 is 0. The third-order valence-electron chi connectivity index (χ3n) is 2.22. The molecular weight excluding hydrogens is 179 g/mol. The number of halogens is 1. The van der Waals surface area contributed by atoms with Crippen LogP contribution < -0.4 is 0 Å². The van der Waals surface area contributed by atoms with E-state index in [1.165, 1.54) is 6.07 Å². The van der Waals surface area contributed by atoms with Gasteiger partial charge in [-0.2, -0.15) is 0 Å². The Kier molecular flexibility index (Phi) is 3.39. The lowest BCUT2D eigenvalue weighted by molar-refractivity contribution is -0.121. The average Bonchev–Trinajstić information content (AvgIpc) is 2.09. The van der Waals surface area contributed by atoms with E-state index in [4.69, 9.17) is 0 Å². The predicted octanol–water partition coefficient (Wildman–Crippen LogP) is 2.90.